The van der Waals surface area contributed by atoms with Crippen molar-refractivity contribution in [2.45, 2.75) is 70.9 Å². The molecule has 210 valence electrons. The molecule has 0 aromatic heterocycles. The van der Waals surface area contributed by atoms with E-state index in [2.05, 4.69) is 17.4 Å². The molecule has 1 aliphatic carbocycles. The van der Waals surface area contributed by atoms with Crippen molar-refractivity contribution in [1.82, 2.24) is 15.1 Å². The molecule has 0 radical (unpaired) electrons. The van der Waals surface area contributed by atoms with E-state index in [1.807, 2.05) is 54.3 Å². The zero-order valence-electron chi connectivity index (χ0n) is 23.5. The lowest BCUT2D eigenvalue weighted by Gasteiger charge is -2.43. The van der Waals surface area contributed by atoms with Crippen LogP contribution < -0.4 is 11.1 Å². The number of hydrogen-bond acceptors (Lipinski definition) is 4. The number of rotatable bonds is 9. The van der Waals surface area contributed by atoms with Crippen LogP contribution in [0.25, 0.3) is 0 Å². The van der Waals surface area contributed by atoms with Crippen LogP contribution in [-0.4, -0.2) is 65.8 Å². The Morgan fingerprint density at radius 3 is 2.36 bits per heavy atom. The van der Waals surface area contributed by atoms with Crippen molar-refractivity contribution in [1.29, 1.82) is 0 Å². The lowest BCUT2D eigenvalue weighted by Crippen LogP contribution is -2.58. The van der Waals surface area contributed by atoms with Crippen LogP contribution in [0.4, 0.5) is 0 Å². The van der Waals surface area contributed by atoms with Crippen LogP contribution in [0.15, 0.2) is 54.6 Å². The van der Waals surface area contributed by atoms with Crippen molar-refractivity contribution in [3.63, 3.8) is 0 Å². The van der Waals surface area contributed by atoms with Crippen LogP contribution in [-0.2, 0) is 16.0 Å². The molecule has 2 aliphatic rings. The van der Waals surface area contributed by atoms with Crippen molar-refractivity contribution in [3.8, 4) is 0 Å². The number of nitrogens with one attached hydrogen (secondary N) is 1. The fraction of sp³-hybridized carbons (Fsp3) is 0.531. The van der Waals surface area contributed by atoms with Gasteiger partial charge < -0.3 is 20.9 Å². The average molecular weight is 533 g/mol. The third-order valence-electron chi connectivity index (χ3n) is 8.60. The number of nitrogens with two attached hydrogens (primary N) is 1. The molecule has 1 saturated carbocycles. The maximum atomic E-state index is 13.8. The van der Waals surface area contributed by atoms with Crippen molar-refractivity contribution in [3.05, 3.63) is 71.3 Å². The summed E-state index contributed by atoms with van der Waals surface area (Å²) in [4.78, 5) is 43.5. The second kappa shape index (κ2) is 13.7. The molecule has 1 unspecified atom stereocenters. The van der Waals surface area contributed by atoms with Crippen LogP contribution >= 0.6 is 0 Å². The van der Waals surface area contributed by atoms with Gasteiger partial charge in [-0.1, -0.05) is 48.0 Å². The summed E-state index contributed by atoms with van der Waals surface area (Å²) in [5, 5.41) is 3.16. The van der Waals surface area contributed by atoms with Crippen molar-refractivity contribution < 1.29 is 14.4 Å². The lowest BCUT2D eigenvalue weighted by molar-refractivity contribution is -0.142. The first-order chi connectivity index (χ1) is 18.9. The van der Waals surface area contributed by atoms with Crippen LogP contribution in [0.3, 0.4) is 0 Å². The Balaban J connectivity index is 1.48. The summed E-state index contributed by atoms with van der Waals surface area (Å²) in [6.45, 7) is 5.89. The van der Waals surface area contributed by atoms with Gasteiger partial charge in [-0.3, -0.25) is 14.4 Å². The Morgan fingerprint density at radius 1 is 0.974 bits per heavy atom. The van der Waals surface area contributed by atoms with Gasteiger partial charge in [-0.2, -0.15) is 0 Å². The number of carbonyl (C=O) groups is 3. The third kappa shape index (κ3) is 7.69. The predicted molar refractivity (Wildman–Crippen MR) is 154 cm³/mol. The largest absolute Gasteiger partial charge is 0.354 e. The van der Waals surface area contributed by atoms with Crippen LogP contribution in [0, 0.1) is 18.8 Å². The third-order valence-corrected chi connectivity index (χ3v) is 8.60. The van der Waals surface area contributed by atoms with Gasteiger partial charge in [-0.25, -0.2) is 0 Å². The van der Waals surface area contributed by atoms with Crippen LogP contribution in [0.5, 0.6) is 0 Å². The highest BCUT2D eigenvalue weighted by atomic mass is 16.2. The topological polar surface area (TPSA) is 95.7 Å². The number of benzene rings is 2. The molecule has 1 aliphatic heterocycles. The summed E-state index contributed by atoms with van der Waals surface area (Å²) in [6.07, 6.45) is 6.19. The van der Waals surface area contributed by atoms with Crippen molar-refractivity contribution in [2.75, 3.05) is 26.2 Å². The number of piperidine rings is 1. The van der Waals surface area contributed by atoms with Gasteiger partial charge >= 0.3 is 0 Å². The van der Waals surface area contributed by atoms with Gasteiger partial charge in [-0.15, -0.1) is 0 Å². The molecule has 3 amide bonds. The maximum absolute atomic E-state index is 13.8. The Labute approximate surface area is 233 Å². The zero-order chi connectivity index (χ0) is 27.8. The molecular weight excluding hydrogens is 488 g/mol. The molecule has 7 heteroatoms. The highest BCUT2D eigenvalue weighted by molar-refractivity contribution is 5.95. The Bertz CT molecular complexity index is 1110. The number of carbonyl (C=O) groups excluding carboxylic acids is 3. The zero-order valence-corrected chi connectivity index (χ0v) is 23.5. The Morgan fingerprint density at radius 2 is 1.69 bits per heavy atom. The summed E-state index contributed by atoms with van der Waals surface area (Å²) in [5.41, 5.74) is 8.69. The van der Waals surface area contributed by atoms with Gasteiger partial charge in [0, 0.05) is 38.2 Å². The van der Waals surface area contributed by atoms with E-state index in [1.165, 1.54) is 12.5 Å². The Hall–Kier alpha value is -3.19. The highest BCUT2D eigenvalue weighted by Gasteiger charge is 2.38. The molecule has 4 rings (SSSR count). The quantitative estimate of drug-likeness (QED) is 0.511. The molecule has 2 aromatic rings. The number of amides is 3. The first kappa shape index (κ1) is 28.8. The van der Waals surface area contributed by atoms with E-state index in [-0.39, 0.29) is 23.8 Å². The van der Waals surface area contributed by atoms with Gasteiger partial charge in [0.25, 0.3) is 5.91 Å². The van der Waals surface area contributed by atoms with Crippen molar-refractivity contribution >= 4 is 17.7 Å². The van der Waals surface area contributed by atoms with E-state index < -0.39 is 6.04 Å². The second-order valence-electron chi connectivity index (χ2n) is 11.4. The molecule has 39 heavy (non-hydrogen) atoms. The monoisotopic (exact) mass is 532 g/mol. The normalized spacial score (nSPS) is 23.2. The van der Waals surface area contributed by atoms with Crippen molar-refractivity contribution in [2.24, 2.45) is 17.6 Å². The molecule has 7 nitrogen and oxygen atoms in total. The average Bonchev–Trinajstić information content (AvgIpc) is 2.96. The minimum atomic E-state index is -0.578. The minimum absolute atomic E-state index is 0.0215. The first-order valence-corrected chi connectivity index (χ1v) is 14.5. The molecule has 1 saturated heterocycles. The summed E-state index contributed by atoms with van der Waals surface area (Å²) in [5.74, 6) is 0.816. The Kier molecular flexibility index (Phi) is 10.2. The fourth-order valence-electron chi connectivity index (χ4n) is 6.18. The highest BCUT2D eigenvalue weighted by Crippen LogP contribution is 2.28. The molecule has 3 N–H and O–H groups in total. The molecule has 1 heterocycles. The maximum Gasteiger partial charge on any atom is 0.254 e. The first-order valence-electron chi connectivity index (χ1n) is 14.5. The number of aryl methyl sites for hydroxylation is 1. The van der Waals surface area contributed by atoms with E-state index >= 15 is 0 Å². The standard InChI is InChI=1S/C32H44N4O3/c1-23-7-6-10-28(19-23)32(39)36(17-15-25-8-4-3-5-9-25)29-16-18-35(24(2)37)30(20-29)31(38)34-22-27-13-11-26(21-33)12-14-27/h3-10,19,26-27,29-30H,11-18,20-22,33H2,1-2H3,(H,34,38)/t26?,27?,29?,30-/m1/s1. The molecule has 2 atom stereocenters. The van der Waals surface area contributed by atoms with Crippen LogP contribution in [0.2, 0.25) is 0 Å². The van der Waals surface area contributed by atoms with Gasteiger partial charge in [0.15, 0.2) is 0 Å². The number of likely N-dealkylation sites (tertiary alicyclic amines) is 1. The molecular formula is C32H44N4O3. The van der Waals surface area contributed by atoms with Gasteiger partial charge in [0.2, 0.25) is 11.8 Å². The molecule has 0 bridgehead atoms. The SMILES string of the molecule is CC(=O)N1CCC(N(CCc2ccccc2)C(=O)c2cccc(C)c2)C[C@@H]1C(=O)NCC1CCC(CN)CC1. The summed E-state index contributed by atoms with van der Waals surface area (Å²) in [6, 6.07) is 17.1. The summed E-state index contributed by atoms with van der Waals surface area (Å²) >= 11 is 0. The van der Waals surface area contributed by atoms with Gasteiger partial charge in [0.05, 0.1) is 0 Å². The van der Waals surface area contributed by atoms with E-state index in [1.54, 1.807) is 4.90 Å². The number of nitrogens with zero attached hydrogens (tertiary/aromatic N) is 2. The molecule has 2 aromatic carbocycles. The summed E-state index contributed by atoms with van der Waals surface area (Å²) < 4.78 is 0. The minimum Gasteiger partial charge on any atom is -0.354 e. The van der Waals surface area contributed by atoms with E-state index in [4.69, 9.17) is 5.73 Å². The smallest absolute Gasteiger partial charge is 0.254 e. The summed E-state index contributed by atoms with van der Waals surface area (Å²) in [7, 11) is 0. The number of hydrogen-bond donors (Lipinski definition) is 2. The molecule has 0 spiro atoms. The predicted octanol–water partition coefficient (Wildman–Crippen LogP) is 3.94. The van der Waals surface area contributed by atoms with Gasteiger partial charge in [-0.05, 0) is 87.9 Å². The van der Waals surface area contributed by atoms with E-state index in [0.717, 1.165) is 44.2 Å². The van der Waals surface area contributed by atoms with Gasteiger partial charge in [0.1, 0.15) is 6.04 Å². The van der Waals surface area contributed by atoms with E-state index in [0.29, 0.717) is 49.9 Å². The second-order valence-corrected chi connectivity index (χ2v) is 11.4. The lowest BCUT2D eigenvalue weighted by atomic mass is 9.82. The molecule has 2 fully saturated rings. The van der Waals surface area contributed by atoms with Crippen LogP contribution in [0.1, 0.15) is 66.9 Å². The fourth-order valence-corrected chi connectivity index (χ4v) is 6.18. The van der Waals surface area contributed by atoms with E-state index in [9.17, 15) is 14.4 Å².